The third kappa shape index (κ3) is 1.91. The second kappa shape index (κ2) is 4.50. The first kappa shape index (κ1) is 11.4. The minimum absolute atomic E-state index is 0.0592. The molecule has 2 nitrogen and oxygen atoms in total. The fourth-order valence-electron chi connectivity index (χ4n) is 2.46. The largest absolute Gasteiger partial charge is 0.542 e. The number of hydrogen-bond acceptors (Lipinski definition) is 2. The van der Waals surface area contributed by atoms with Gasteiger partial charge in [-0.15, -0.1) is 0 Å². The summed E-state index contributed by atoms with van der Waals surface area (Å²) in [5, 5.41) is 3.51. The molecule has 0 aliphatic carbocycles. The average molecular weight is 237 g/mol. The number of hydrogen-bond donors (Lipinski definition) is 1. The normalized spacial score (nSPS) is 18.1. The van der Waals surface area contributed by atoms with Crippen molar-refractivity contribution in [2.24, 2.45) is 0 Å². The van der Waals surface area contributed by atoms with E-state index in [9.17, 15) is 0 Å². The average Bonchev–Trinajstić information content (AvgIpc) is 2.39. The van der Waals surface area contributed by atoms with Gasteiger partial charge in [0.15, 0.2) is 0 Å². The molecule has 0 spiro atoms. The topological polar surface area (TPSA) is 21.3 Å². The molecule has 1 atom stereocenters. The van der Waals surface area contributed by atoms with Crippen molar-refractivity contribution in [3.8, 4) is 5.75 Å². The summed E-state index contributed by atoms with van der Waals surface area (Å²) in [6, 6.07) is 16.9. The lowest BCUT2D eigenvalue weighted by Crippen LogP contribution is -2.54. The van der Waals surface area contributed by atoms with E-state index in [1.165, 1.54) is 16.6 Å². The Bertz CT molecular complexity index is 570. The van der Waals surface area contributed by atoms with Crippen LogP contribution in [0.15, 0.2) is 48.5 Å². The van der Waals surface area contributed by atoms with E-state index in [1.54, 1.807) is 0 Å². The highest BCUT2D eigenvalue weighted by molar-refractivity contribution is 6.66. The van der Waals surface area contributed by atoms with Gasteiger partial charge in [-0.2, -0.15) is 0 Å². The summed E-state index contributed by atoms with van der Waals surface area (Å²) in [7, 11) is -0.0592. The highest BCUT2D eigenvalue weighted by atomic mass is 16.4. The van der Waals surface area contributed by atoms with Crippen LogP contribution in [0.3, 0.4) is 0 Å². The van der Waals surface area contributed by atoms with Crippen molar-refractivity contribution in [3.05, 3.63) is 59.7 Å². The maximum atomic E-state index is 6.06. The molecular formula is C15H16BNO. The van der Waals surface area contributed by atoms with Gasteiger partial charge in [-0.05, 0) is 25.4 Å². The van der Waals surface area contributed by atoms with Crippen LogP contribution in [-0.2, 0) is 0 Å². The van der Waals surface area contributed by atoms with E-state index in [1.807, 2.05) is 12.1 Å². The molecule has 1 N–H and O–H groups in total. The number of rotatable bonds is 1. The molecule has 0 aromatic heterocycles. The van der Waals surface area contributed by atoms with Gasteiger partial charge in [-0.25, -0.2) is 0 Å². The standard InChI is InChI=1S/C15H16BNO/c1-11-7-3-5-9-14(11)16-17-12(2)13-8-4-6-10-15(13)18-16/h3-10,12,17H,1-2H3. The second-order valence-corrected chi connectivity index (χ2v) is 4.78. The summed E-state index contributed by atoms with van der Waals surface area (Å²) < 4.78 is 6.06. The Morgan fingerprint density at radius 2 is 1.78 bits per heavy atom. The van der Waals surface area contributed by atoms with Gasteiger partial charge in [0.1, 0.15) is 5.75 Å². The van der Waals surface area contributed by atoms with Gasteiger partial charge < -0.3 is 9.88 Å². The van der Waals surface area contributed by atoms with Gasteiger partial charge in [-0.3, -0.25) is 0 Å². The molecule has 2 aromatic rings. The number of fused-ring (bicyclic) bond motifs is 1. The molecule has 1 aliphatic rings. The molecule has 0 saturated heterocycles. The molecule has 1 unspecified atom stereocenters. The van der Waals surface area contributed by atoms with Crippen LogP contribution in [0.5, 0.6) is 5.75 Å². The third-order valence-electron chi connectivity index (χ3n) is 3.50. The molecule has 0 saturated carbocycles. The summed E-state index contributed by atoms with van der Waals surface area (Å²) in [6.07, 6.45) is 0. The Hall–Kier alpha value is -1.74. The van der Waals surface area contributed by atoms with E-state index in [0.717, 1.165) is 5.75 Å². The van der Waals surface area contributed by atoms with Crippen molar-refractivity contribution < 1.29 is 4.65 Å². The van der Waals surface area contributed by atoms with Crippen molar-refractivity contribution in [1.82, 2.24) is 5.23 Å². The summed E-state index contributed by atoms with van der Waals surface area (Å²) in [5.74, 6) is 0.983. The van der Waals surface area contributed by atoms with Crippen molar-refractivity contribution in [3.63, 3.8) is 0 Å². The van der Waals surface area contributed by atoms with Gasteiger partial charge in [0, 0.05) is 11.6 Å². The van der Waals surface area contributed by atoms with Crippen molar-refractivity contribution in [2.45, 2.75) is 19.9 Å². The molecule has 18 heavy (non-hydrogen) atoms. The summed E-state index contributed by atoms with van der Waals surface area (Å²) in [4.78, 5) is 0. The minimum atomic E-state index is -0.0592. The molecule has 0 amide bonds. The van der Waals surface area contributed by atoms with Gasteiger partial charge in [-0.1, -0.05) is 48.0 Å². The van der Waals surface area contributed by atoms with Crippen molar-refractivity contribution in [2.75, 3.05) is 0 Å². The van der Waals surface area contributed by atoms with Crippen molar-refractivity contribution in [1.29, 1.82) is 0 Å². The van der Waals surface area contributed by atoms with Crippen LogP contribution in [-0.4, -0.2) is 7.05 Å². The molecule has 1 aliphatic heterocycles. The maximum absolute atomic E-state index is 6.06. The lowest BCUT2D eigenvalue weighted by Gasteiger charge is -2.30. The Morgan fingerprint density at radius 1 is 1.06 bits per heavy atom. The predicted octanol–water partition coefficient (Wildman–Crippen LogP) is 2.43. The van der Waals surface area contributed by atoms with Crippen LogP contribution in [0.4, 0.5) is 0 Å². The highest BCUT2D eigenvalue weighted by Crippen LogP contribution is 2.28. The third-order valence-corrected chi connectivity index (χ3v) is 3.50. The van der Waals surface area contributed by atoms with Gasteiger partial charge >= 0.3 is 7.05 Å². The quantitative estimate of drug-likeness (QED) is 0.769. The zero-order valence-electron chi connectivity index (χ0n) is 10.7. The van der Waals surface area contributed by atoms with Crippen LogP contribution >= 0.6 is 0 Å². The van der Waals surface area contributed by atoms with E-state index < -0.39 is 0 Å². The number of nitrogens with one attached hydrogen (secondary N) is 1. The zero-order chi connectivity index (χ0) is 12.5. The van der Waals surface area contributed by atoms with Crippen LogP contribution in [0.25, 0.3) is 0 Å². The lowest BCUT2D eigenvalue weighted by molar-refractivity contribution is 0.492. The monoisotopic (exact) mass is 237 g/mol. The minimum Gasteiger partial charge on any atom is -0.542 e. The van der Waals surface area contributed by atoms with Crippen LogP contribution < -0.4 is 15.3 Å². The summed E-state index contributed by atoms with van der Waals surface area (Å²) in [6.45, 7) is 4.29. The van der Waals surface area contributed by atoms with Gasteiger partial charge in [0.25, 0.3) is 0 Å². The first-order valence-electron chi connectivity index (χ1n) is 6.33. The van der Waals surface area contributed by atoms with Crippen LogP contribution in [0, 0.1) is 6.92 Å². The van der Waals surface area contributed by atoms with Crippen LogP contribution in [0.2, 0.25) is 0 Å². The van der Waals surface area contributed by atoms with Crippen LogP contribution in [0.1, 0.15) is 24.1 Å². The number of para-hydroxylation sites is 1. The Kier molecular flexibility index (Phi) is 2.84. The second-order valence-electron chi connectivity index (χ2n) is 4.78. The molecule has 0 radical (unpaired) electrons. The fourth-order valence-corrected chi connectivity index (χ4v) is 2.46. The molecule has 2 aromatic carbocycles. The van der Waals surface area contributed by atoms with E-state index >= 15 is 0 Å². The SMILES string of the molecule is Cc1ccccc1B1NC(C)c2ccccc2O1. The van der Waals surface area contributed by atoms with E-state index in [2.05, 4.69) is 55.5 Å². The Morgan fingerprint density at radius 3 is 2.61 bits per heavy atom. The Labute approximate surface area is 108 Å². The summed E-state index contributed by atoms with van der Waals surface area (Å²) >= 11 is 0. The molecule has 90 valence electrons. The highest BCUT2D eigenvalue weighted by Gasteiger charge is 2.31. The molecule has 1 heterocycles. The van der Waals surface area contributed by atoms with Crippen molar-refractivity contribution >= 4 is 12.5 Å². The molecule has 3 heteroatoms. The molecule has 0 bridgehead atoms. The number of aryl methyl sites for hydroxylation is 1. The van der Waals surface area contributed by atoms with E-state index in [0.29, 0.717) is 6.04 Å². The van der Waals surface area contributed by atoms with E-state index in [-0.39, 0.29) is 7.05 Å². The maximum Gasteiger partial charge on any atom is 0.483 e. The summed E-state index contributed by atoms with van der Waals surface area (Å²) in [5.41, 5.74) is 3.68. The first-order chi connectivity index (χ1) is 8.75. The van der Waals surface area contributed by atoms with Gasteiger partial charge in [0.05, 0.1) is 0 Å². The fraction of sp³-hybridized carbons (Fsp3) is 0.200. The predicted molar refractivity (Wildman–Crippen MR) is 75.2 cm³/mol. The smallest absolute Gasteiger partial charge is 0.483 e. The van der Waals surface area contributed by atoms with Gasteiger partial charge in [0.2, 0.25) is 0 Å². The first-order valence-corrected chi connectivity index (χ1v) is 6.33. The lowest BCUT2D eigenvalue weighted by atomic mass is 9.69. The number of benzene rings is 2. The molecular weight excluding hydrogens is 221 g/mol. The molecule has 3 rings (SSSR count). The van der Waals surface area contributed by atoms with E-state index in [4.69, 9.17) is 4.65 Å². The Balaban J connectivity index is 1.97. The zero-order valence-corrected chi connectivity index (χ0v) is 10.7. The molecule has 0 fully saturated rings.